The quantitative estimate of drug-likeness (QED) is 0.213. The van der Waals surface area contributed by atoms with Gasteiger partial charge in [0.05, 0.1) is 9.47 Å². The fourth-order valence-corrected chi connectivity index (χ4v) is 0.479. The molecule has 1 unspecified atom stereocenters. The van der Waals surface area contributed by atoms with Crippen LogP contribution in [0.5, 0.6) is 0 Å². The van der Waals surface area contributed by atoms with Gasteiger partial charge in [0.2, 0.25) is 13.2 Å². The molecule has 0 rings (SSSR count). The van der Waals surface area contributed by atoms with E-state index in [2.05, 4.69) is 18.5 Å². The summed E-state index contributed by atoms with van der Waals surface area (Å²) in [6.45, 7) is 0. The smallest absolute Gasteiger partial charge is 0.479 e. The Bertz CT molecular complexity index is 193. The van der Waals surface area contributed by atoms with E-state index in [1.165, 1.54) is 0 Å². The van der Waals surface area contributed by atoms with Gasteiger partial charge in [-0.2, -0.15) is 0 Å². The van der Waals surface area contributed by atoms with Crippen LogP contribution in [0, 0.1) is 0 Å². The summed E-state index contributed by atoms with van der Waals surface area (Å²) >= 11 is 5.04. The Morgan fingerprint density at radius 3 is 2.71 bits per heavy atom. The molecule has 73 valence electrons. The van der Waals surface area contributed by atoms with Gasteiger partial charge in [0.15, 0.2) is 6.07 Å². The summed E-state index contributed by atoms with van der Waals surface area (Å²) in [5.74, 6) is -0.633. The number of halogens is 1. The van der Waals surface area contributed by atoms with Crippen molar-refractivity contribution in [2.75, 3.05) is 6.07 Å². The van der Waals surface area contributed by atoms with Crippen molar-refractivity contribution >= 4 is 55.3 Å². The minimum Gasteiger partial charge on any atom is -0.479 e. The maximum atomic E-state index is 10.4. The first-order chi connectivity index (χ1) is 6.70. The van der Waals surface area contributed by atoms with E-state index in [0.29, 0.717) is 7.69 Å². The summed E-state index contributed by atoms with van der Waals surface area (Å²) < 4.78 is 17.0. The van der Waals surface area contributed by atoms with E-state index in [-0.39, 0.29) is 6.07 Å². The minimum atomic E-state index is -1.01. The predicted molar refractivity (Wildman–Crippen MR) is 52.8 cm³/mol. The van der Waals surface area contributed by atoms with Crippen molar-refractivity contribution in [1.82, 2.24) is 0 Å². The second-order valence-electron chi connectivity index (χ2n) is 1.59. The van der Waals surface area contributed by atoms with Crippen LogP contribution in [0.3, 0.4) is 0 Å². The number of rotatable bonds is 6. The van der Waals surface area contributed by atoms with Gasteiger partial charge in [-0.3, -0.25) is 4.79 Å². The van der Waals surface area contributed by atoms with Crippen LogP contribution in [0.15, 0.2) is 0 Å². The third-order valence-corrected chi connectivity index (χ3v) is 1.11. The first kappa shape index (κ1) is 13.6. The van der Waals surface area contributed by atoms with Crippen LogP contribution in [0.1, 0.15) is 0 Å². The molecule has 0 aromatic heterocycles. The van der Waals surface area contributed by atoms with Gasteiger partial charge in [0.1, 0.15) is 0 Å². The van der Waals surface area contributed by atoms with Crippen LogP contribution in [0.25, 0.3) is 0 Å². The number of hydrogen-bond acceptors (Lipinski definition) is 6. The van der Waals surface area contributed by atoms with Crippen molar-refractivity contribution in [3.8, 4) is 0 Å². The van der Waals surface area contributed by atoms with E-state index < -0.39 is 12.0 Å². The molecule has 11 heteroatoms. The average molecular weight is 235 g/mol. The number of ether oxygens (including phenoxy) is 1. The average Bonchev–Trinajstić information content (AvgIpc) is 2.17. The monoisotopic (exact) mass is 235 g/mol. The number of alkyl halides is 1. The maximum Gasteiger partial charge on any atom is 0.559 e. The summed E-state index contributed by atoms with van der Waals surface area (Å²) in [6, 6.07) is -0.318. The standard InChI is InChI=1S/C3H4B3ClO6P/c7-1-10-3(9)11-6-13-5-4-2(8)12-14/h1,14H2. The van der Waals surface area contributed by atoms with Gasteiger partial charge in [-0.15, -0.1) is 0 Å². The van der Waals surface area contributed by atoms with Crippen LogP contribution < -0.4 is 0 Å². The predicted octanol–water partition coefficient (Wildman–Crippen LogP) is 0.0518. The normalized spacial score (nSPS) is 8.43. The zero-order valence-electron chi connectivity index (χ0n) is 6.84. The van der Waals surface area contributed by atoms with Crippen LogP contribution in [-0.2, 0) is 18.5 Å². The molecule has 0 bridgehead atoms. The van der Waals surface area contributed by atoms with Gasteiger partial charge >= 0.3 is 13.8 Å². The molecule has 0 heterocycles. The van der Waals surface area contributed by atoms with Crippen LogP contribution in [0.4, 0.5) is 9.59 Å². The van der Waals surface area contributed by atoms with E-state index in [1.807, 2.05) is 0 Å². The lowest BCUT2D eigenvalue weighted by atomic mass is 9.50. The lowest BCUT2D eigenvalue weighted by Crippen LogP contribution is -2.22. The van der Waals surface area contributed by atoms with Gasteiger partial charge in [-0.1, -0.05) is 11.6 Å². The van der Waals surface area contributed by atoms with Crippen LogP contribution >= 0.6 is 21.1 Å². The van der Waals surface area contributed by atoms with E-state index in [9.17, 15) is 9.59 Å². The molecule has 0 fully saturated rings. The zero-order chi connectivity index (χ0) is 10.8. The second kappa shape index (κ2) is 9.18. The van der Waals surface area contributed by atoms with E-state index in [0.717, 1.165) is 14.5 Å². The molecule has 3 radical (unpaired) electrons. The molecular formula is C3H4B3ClO6P. The van der Waals surface area contributed by atoms with Crippen molar-refractivity contribution in [3.05, 3.63) is 0 Å². The molecule has 0 aromatic rings. The molecule has 0 aromatic carbocycles. The van der Waals surface area contributed by atoms with Gasteiger partial charge in [0.25, 0.3) is 7.17 Å². The van der Waals surface area contributed by atoms with E-state index in [4.69, 9.17) is 11.6 Å². The van der Waals surface area contributed by atoms with Crippen LogP contribution in [-0.4, -0.2) is 40.3 Å². The largest absolute Gasteiger partial charge is 0.559 e. The lowest BCUT2D eigenvalue weighted by molar-refractivity contribution is 0.112. The third-order valence-electron chi connectivity index (χ3n) is 0.771. The summed E-state index contributed by atoms with van der Waals surface area (Å²) in [5, 5.41) is 0. The van der Waals surface area contributed by atoms with E-state index in [1.54, 1.807) is 9.47 Å². The first-order valence-electron chi connectivity index (χ1n) is 3.14. The summed E-state index contributed by atoms with van der Waals surface area (Å²) in [4.78, 5) is 20.9. The minimum absolute atomic E-state index is 0.318. The Morgan fingerprint density at radius 1 is 1.43 bits per heavy atom. The molecule has 0 saturated carbocycles. The lowest BCUT2D eigenvalue weighted by Gasteiger charge is -2.01. The maximum absolute atomic E-state index is 10.4. The van der Waals surface area contributed by atoms with Crippen molar-refractivity contribution in [1.29, 1.82) is 0 Å². The van der Waals surface area contributed by atoms with Crippen LogP contribution in [0.2, 0.25) is 0 Å². The summed E-state index contributed by atoms with van der Waals surface area (Å²) in [6.07, 6.45) is -1.01. The molecule has 0 saturated heterocycles. The zero-order valence-corrected chi connectivity index (χ0v) is 8.75. The molecule has 6 nitrogen and oxygen atoms in total. The van der Waals surface area contributed by atoms with Crippen molar-refractivity contribution < 1.29 is 28.1 Å². The highest BCUT2D eigenvalue weighted by Gasteiger charge is 2.09. The SMILES string of the molecule is O=C([B][B]O[B]OC(=O)OCCl)OP. The molecule has 1 atom stereocenters. The Labute approximate surface area is 90.0 Å². The molecular weight excluding hydrogens is 231 g/mol. The first-order valence-corrected chi connectivity index (χ1v) is 4.15. The highest BCUT2D eigenvalue weighted by atomic mass is 35.5. The van der Waals surface area contributed by atoms with Gasteiger partial charge in [-0.25, -0.2) is 4.79 Å². The van der Waals surface area contributed by atoms with E-state index >= 15 is 0 Å². The fourth-order valence-electron chi connectivity index (χ4n) is 0.312. The summed E-state index contributed by atoms with van der Waals surface area (Å²) in [5.41, 5.74) is 0. The highest BCUT2D eigenvalue weighted by molar-refractivity contribution is 7.18. The van der Waals surface area contributed by atoms with Crippen molar-refractivity contribution in [2.24, 2.45) is 0 Å². The Morgan fingerprint density at radius 2 is 2.14 bits per heavy atom. The molecule has 0 aliphatic heterocycles. The Kier molecular flexibility index (Phi) is 8.93. The fraction of sp³-hybridized carbons (Fsp3) is 0.333. The Balaban J connectivity index is 3.21. The molecule has 0 N–H and O–H groups in total. The van der Waals surface area contributed by atoms with Gasteiger partial charge < -0.3 is 18.5 Å². The van der Waals surface area contributed by atoms with Gasteiger partial charge in [-0.05, 0) is 0 Å². The van der Waals surface area contributed by atoms with Gasteiger partial charge in [0, 0.05) is 0 Å². The molecule has 14 heavy (non-hydrogen) atoms. The topological polar surface area (TPSA) is 71.1 Å². The molecule has 0 amide bonds. The number of hydrogen-bond donors (Lipinski definition) is 0. The Hall–Kier alpha value is -0.385. The third kappa shape index (κ3) is 8.22. The van der Waals surface area contributed by atoms with Crippen molar-refractivity contribution in [2.45, 2.75) is 0 Å². The van der Waals surface area contributed by atoms with Crippen molar-refractivity contribution in [3.63, 3.8) is 0 Å². The summed E-state index contributed by atoms with van der Waals surface area (Å²) in [7, 11) is 4.36. The molecule has 0 spiro atoms. The number of carbonyl (C=O) groups excluding carboxylic acids is 2. The second-order valence-corrected chi connectivity index (χ2v) is 2.05. The highest BCUT2D eigenvalue weighted by Crippen LogP contribution is 1.88. The number of carbonyl (C=O) groups is 2. The molecule has 0 aliphatic carbocycles. The molecule has 0 aliphatic rings.